The van der Waals surface area contributed by atoms with E-state index < -0.39 is 0 Å². The Kier molecular flexibility index (Phi) is 13.8. The van der Waals surface area contributed by atoms with E-state index in [1.165, 1.54) is 7.11 Å². The molecular weight excluding hydrogens is 103 g/mol. The Morgan fingerprint density at radius 3 is 2.33 bits per heavy atom. The lowest BCUT2D eigenvalue weighted by molar-refractivity contribution is -0.110. The quantitative estimate of drug-likeness (QED) is 0.477. The Labute approximate surface area is 42.9 Å². The molecule has 38 valence electrons. The summed E-state index contributed by atoms with van der Waals surface area (Å²) in [5.74, 6) is 0. The van der Waals surface area contributed by atoms with Gasteiger partial charge in [-0.05, 0) is 0 Å². The van der Waals surface area contributed by atoms with Gasteiger partial charge in [0.2, 0.25) is 0 Å². The highest BCUT2D eigenvalue weighted by atomic mass is 35.5. The van der Waals surface area contributed by atoms with E-state index in [1.807, 2.05) is 0 Å². The Hall–Kier alpha value is -0.0800. The van der Waals surface area contributed by atoms with E-state index >= 15 is 0 Å². The average molecular weight is 111 g/mol. The van der Waals surface area contributed by atoms with Crippen molar-refractivity contribution in [2.75, 3.05) is 13.7 Å². The molecule has 0 atom stereocenters. The van der Waals surface area contributed by atoms with Crippen LogP contribution in [0.3, 0.4) is 0 Å². The minimum atomic E-state index is 0. The highest BCUT2D eigenvalue weighted by Gasteiger charge is 1.64. The topological polar surface area (TPSA) is 26.3 Å². The molecule has 3 heteroatoms. The van der Waals surface area contributed by atoms with Gasteiger partial charge >= 0.3 is 0 Å². The lowest BCUT2D eigenvalue weighted by Crippen LogP contribution is -1.84. The van der Waals surface area contributed by atoms with Crippen LogP contribution in [-0.4, -0.2) is 20.0 Å². The van der Waals surface area contributed by atoms with E-state index in [1.54, 1.807) is 0 Å². The van der Waals surface area contributed by atoms with E-state index in [0.717, 1.165) is 0 Å². The predicted octanol–water partition coefficient (Wildman–Crippen LogP) is 0.254. The molecular formula is C3H7ClO2. The molecule has 0 saturated carbocycles. The number of halogens is 1. The number of hydrogen-bond donors (Lipinski definition) is 0. The van der Waals surface area contributed by atoms with Crippen molar-refractivity contribution in [1.29, 1.82) is 0 Å². The minimum absolute atomic E-state index is 0. The smallest absolute Gasteiger partial charge is 0.145 e. The molecule has 0 radical (unpaired) electrons. The lowest BCUT2D eigenvalue weighted by atomic mass is 10.8. The van der Waals surface area contributed by atoms with E-state index in [2.05, 4.69) is 4.74 Å². The maximum atomic E-state index is 9.28. The van der Waals surface area contributed by atoms with Crippen LogP contribution in [0.4, 0.5) is 0 Å². The third-order valence-electron chi connectivity index (χ3n) is 0.235. The SMILES string of the molecule is COCC=O.Cl. The van der Waals surface area contributed by atoms with Gasteiger partial charge in [0, 0.05) is 7.11 Å². The second kappa shape index (κ2) is 8.87. The second-order valence-electron chi connectivity index (χ2n) is 0.622. The van der Waals surface area contributed by atoms with Crippen LogP contribution < -0.4 is 0 Å². The van der Waals surface area contributed by atoms with Crippen LogP contribution in [-0.2, 0) is 9.53 Å². The Morgan fingerprint density at radius 1 is 1.83 bits per heavy atom. The zero-order chi connectivity index (χ0) is 4.12. The fourth-order valence-corrected chi connectivity index (χ4v) is 0.0680. The first kappa shape index (κ1) is 9.33. The highest BCUT2D eigenvalue weighted by Crippen LogP contribution is 1.50. The van der Waals surface area contributed by atoms with Gasteiger partial charge in [-0.1, -0.05) is 0 Å². The molecule has 0 aromatic carbocycles. The van der Waals surface area contributed by atoms with Crippen molar-refractivity contribution in [3.63, 3.8) is 0 Å². The van der Waals surface area contributed by atoms with Crippen molar-refractivity contribution in [2.24, 2.45) is 0 Å². The van der Waals surface area contributed by atoms with Crippen LogP contribution in [0, 0.1) is 0 Å². The minimum Gasteiger partial charge on any atom is -0.377 e. The van der Waals surface area contributed by atoms with E-state index in [4.69, 9.17) is 0 Å². The standard InChI is InChI=1S/C3H6O2.ClH/c1-5-3-2-4;/h2H,3H2,1H3;1H. The van der Waals surface area contributed by atoms with Crippen molar-refractivity contribution >= 4 is 18.7 Å². The molecule has 0 amide bonds. The Bertz CT molecular complexity index is 30.0. The number of carbonyl (C=O) groups excluding carboxylic acids is 1. The first-order chi connectivity index (χ1) is 2.41. The van der Waals surface area contributed by atoms with E-state index in [-0.39, 0.29) is 19.0 Å². The van der Waals surface area contributed by atoms with Crippen molar-refractivity contribution < 1.29 is 9.53 Å². The van der Waals surface area contributed by atoms with Gasteiger partial charge < -0.3 is 9.53 Å². The third kappa shape index (κ3) is 9.07. The molecule has 0 saturated heterocycles. The van der Waals surface area contributed by atoms with Gasteiger partial charge in [-0.25, -0.2) is 0 Å². The van der Waals surface area contributed by atoms with Crippen LogP contribution in [0.25, 0.3) is 0 Å². The van der Waals surface area contributed by atoms with Gasteiger partial charge in [-0.3, -0.25) is 0 Å². The third-order valence-corrected chi connectivity index (χ3v) is 0.235. The fourth-order valence-electron chi connectivity index (χ4n) is 0.0680. The normalized spacial score (nSPS) is 6.17. The maximum absolute atomic E-state index is 9.28. The van der Waals surface area contributed by atoms with Crippen LogP contribution >= 0.6 is 12.4 Å². The van der Waals surface area contributed by atoms with Crippen molar-refractivity contribution in [1.82, 2.24) is 0 Å². The molecule has 0 heterocycles. The second-order valence-corrected chi connectivity index (χ2v) is 0.622. The van der Waals surface area contributed by atoms with Crippen LogP contribution in [0.1, 0.15) is 0 Å². The van der Waals surface area contributed by atoms with Crippen LogP contribution in [0.5, 0.6) is 0 Å². The molecule has 0 aliphatic heterocycles. The molecule has 0 N–H and O–H groups in total. The van der Waals surface area contributed by atoms with Crippen molar-refractivity contribution in [3.8, 4) is 0 Å². The number of hydrogen-bond acceptors (Lipinski definition) is 2. The summed E-state index contributed by atoms with van der Waals surface area (Å²) in [4.78, 5) is 9.28. The molecule has 0 bridgehead atoms. The molecule has 2 nitrogen and oxygen atoms in total. The monoisotopic (exact) mass is 110 g/mol. The number of rotatable bonds is 2. The number of ether oxygens (including phenoxy) is 1. The summed E-state index contributed by atoms with van der Waals surface area (Å²) < 4.78 is 4.32. The summed E-state index contributed by atoms with van der Waals surface area (Å²) in [6, 6.07) is 0. The Morgan fingerprint density at radius 2 is 2.33 bits per heavy atom. The van der Waals surface area contributed by atoms with Gasteiger partial charge in [-0.15, -0.1) is 12.4 Å². The molecule has 0 unspecified atom stereocenters. The van der Waals surface area contributed by atoms with Gasteiger partial charge in [0.15, 0.2) is 0 Å². The highest BCUT2D eigenvalue weighted by molar-refractivity contribution is 5.85. The van der Waals surface area contributed by atoms with E-state index in [0.29, 0.717) is 6.29 Å². The van der Waals surface area contributed by atoms with Gasteiger partial charge in [-0.2, -0.15) is 0 Å². The maximum Gasteiger partial charge on any atom is 0.145 e. The van der Waals surface area contributed by atoms with Crippen LogP contribution in [0.15, 0.2) is 0 Å². The summed E-state index contributed by atoms with van der Waals surface area (Å²) in [5, 5.41) is 0. The lowest BCUT2D eigenvalue weighted by Gasteiger charge is -1.76. The summed E-state index contributed by atoms with van der Waals surface area (Å²) in [6.45, 7) is 0.208. The molecule has 0 aromatic heterocycles. The number of aldehydes is 1. The summed E-state index contributed by atoms with van der Waals surface area (Å²) in [7, 11) is 1.48. The van der Waals surface area contributed by atoms with E-state index in [9.17, 15) is 4.79 Å². The zero-order valence-electron chi connectivity index (χ0n) is 3.51. The number of carbonyl (C=O) groups is 1. The first-order valence-electron chi connectivity index (χ1n) is 1.34. The molecule has 0 aliphatic rings. The van der Waals surface area contributed by atoms with Gasteiger partial charge in [0.1, 0.15) is 12.9 Å². The largest absolute Gasteiger partial charge is 0.377 e. The molecule has 0 spiro atoms. The van der Waals surface area contributed by atoms with Gasteiger partial charge in [0.25, 0.3) is 0 Å². The summed E-state index contributed by atoms with van der Waals surface area (Å²) >= 11 is 0. The zero-order valence-corrected chi connectivity index (χ0v) is 4.33. The van der Waals surface area contributed by atoms with Crippen molar-refractivity contribution in [3.05, 3.63) is 0 Å². The number of methoxy groups -OCH3 is 1. The Balaban J connectivity index is 0. The summed E-state index contributed by atoms with van der Waals surface area (Å²) in [5.41, 5.74) is 0. The molecule has 0 rings (SSSR count). The molecule has 6 heavy (non-hydrogen) atoms. The summed E-state index contributed by atoms with van der Waals surface area (Å²) in [6.07, 6.45) is 0.708. The molecule has 0 aliphatic carbocycles. The molecule has 0 aromatic rings. The fraction of sp³-hybridized carbons (Fsp3) is 0.667. The first-order valence-corrected chi connectivity index (χ1v) is 1.34. The predicted molar refractivity (Wildman–Crippen MR) is 25.2 cm³/mol. The van der Waals surface area contributed by atoms with Crippen molar-refractivity contribution in [2.45, 2.75) is 0 Å². The van der Waals surface area contributed by atoms with Crippen LogP contribution in [0.2, 0.25) is 0 Å². The van der Waals surface area contributed by atoms with Gasteiger partial charge in [0.05, 0.1) is 0 Å². The average Bonchev–Trinajstić information content (AvgIpc) is 1.41. The molecule has 0 fully saturated rings.